The first-order chi connectivity index (χ1) is 12.6. The molecule has 1 amide bonds. The second-order valence-corrected chi connectivity index (χ2v) is 5.26. The molecule has 0 aromatic heterocycles. The minimum atomic E-state index is -0.824. The molecule has 2 aromatic carbocycles. The molecule has 0 aliphatic carbocycles. The fourth-order valence-electron chi connectivity index (χ4n) is 2.34. The molecule has 0 saturated carbocycles. The van der Waals surface area contributed by atoms with Crippen molar-refractivity contribution in [3.05, 3.63) is 59.7 Å². The van der Waals surface area contributed by atoms with E-state index in [0.717, 1.165) is 0 Å². The average Bonchev–Trinajstić information content (AvgIpc) is 2.69. The molecule has 0 fully saturated rings. The number of benzene rings is 2. The maximum atomic E-state index is 12.4. The highest BCUT2D eigenvalue weighted by Gasteiger charge is 2.22. The van der Waals surface area contributed by atoms with Gasteiger partial charge in [-0.15, -0.1) is 0 Å². The van der Waals surface area contributed by atoms with Crippen molar-refractivity contribution in [2.75, 3.05) is 20.8 Å². The molecule has 2 rings (SSSR count). The van der Waals surface area contributed by atoms with E-state index in [-0.39, 0.29) is 0 Å². The van der Waals surface area contributed by atoms with Gasteiger partial charge in [0.15, 0.2) is 11.5 Å². The molecule has 0 saturated heterocycles. The molecule has 0 heterocycles. The standard InChI is InChI=1S/C19H22N2O5/c1-4-26-15-11-10-14(12-16(15)24-2)18(22)21-20-17(19(23)25-3)13-8-6-5-7-9-13/h5-12,17,20H,4H2,1-3H3,(H,21,22). The Morgan fingerprint density at radius 1 is 1.04 bits per heavy atom. The van der Waals surface area contributed by atoms with E-state index >= 15 is 0 Å². The van der Waals surface area contributed by atoms with Crippen molar-refractivity contribution in [2.45, 2.75) is 13.0 Å². The number of amides is 1. The molecule has 0 radical (unpaired) electrons. The van der Waals surface area contributed by atoms with Crippen LogP contribution in [0.3, 0.4) is 0 Å². The fraction of sp³-hybridized carbons (Fsp3) is 0.263. The normalized spacial score (nSPS) is 11.3. The van der Waals surface area contributed by atoms with Crippen molar-refractivity contribution >= 4 is 11.9 Å². The van der Waals surface area contributed by atoms with Crippen LogP contribution in [-0.4, -0.2) is 32.7 Å². The lowest BCUT2D eigenvalue weighted by Gasteiger charge is -2.18. The van der Waals surface area contributed by atoms with E-state index in [9.17, 15) is 9.59 Å². The van der Waals surface area contributed by atoms with Crippen molar-refractivity contribution in [3.8, 4) is 11.5 Å². The predicted molar refractivity (Wildman–Crippen MR) is 96.0 cm³/mol. The lowest BCUT2D eigenvalue weighted by atomic mass is 10.1. The van der Waals surface area contributed by atoms with Crippen LogP contribution >= 0.6 is 0 Å². The molecule has 0 aliphatic heterocycles. The van der Waals surface area contributed by atoms with Crippen molar-refractivity contribution in [1.29, 1.82) is 0 Å². The number of rotatable bonds is 8. The van der Waals surface area contributed by atoms with Crippen LogP contribution in [0, 0.1) is 0 Å². The van der Waals surface area contributed by atoms with Crippen LogP contribution in [0.4, 0.5) is 0 Å². The maximum Gasteiger partial charge on any atom is 0.329 e. The molecule has 0 spiro atoms. The molecule has 26 heavy (non-hydrogen) atoms. The van der Waals surface area contributed by atoms with Gasteiger partial charge in [-0.3, -0.25) is 10.2 Å². The van der Waals surface area contributed by atoms with Gasteiger partial charge in [-0.25, -0.2) is 10.2 Å². The summed E-state index contributed by atoms with van der Waals surface area (Å²) in [6.45, 7) is 2.35. The van der Waals surface area contributed by atoms with Gasteiger partial charge in [-0.05, 0) is 30.7 Å². The summed E-state index contributed by atoms with van der Waals surface area (Å²) < 4.78 is 15.5. The topological polar surface area (TPSA) is 85.9 Å². The van der Waals surface area contributed by atoms with E-state index in [1.54, 1.807) is 42.5 Å². The third-order valence-electron chi connectivity index (χ3n) is 3.63. The van der Waals surface area contributed by atoms with E-state index < -0.39 is 17.9 Å². The molecule has 0 bridgehead atoms. The van der Waals surface area contributed by atoms with Gasteiger partial charge in [0, 0.05) is 5.56 Å². The first kappa shape index (κ1) is 19.3. The summed E-state index contributed by atoms with van der Waals surface area (Å²) >= 11 is 0. The zero-order valence-electron chi connectivity index (χ0n) is 14.9. The van der Waals surface area contributed by atoms with E-state index in [1.165, 1.54) is 14.2 Å². The molecule has 2 aromatic rings. The number of hydrazine groups is 1. The minimum absolute atomic E-state index is 0.356. The summed E-state index contributed by atoms with van der Waals surface area (Å²) in [6.07, 6.45) is 0. The number of carbonyl (C=O) groups is 2. The van der Waals surface area contributed by atoms with Crippen LogP contribution in [0.15, 0.2) is 48.5 Å². The number of hydrogen-bond acceptors (Lipinski definition) is 6. The smallest absolute Gasteiger partial charge is 0.329 e. The third kappa shape index (κ3) is 4.73. The summed E-state index contributed by atoms with van der Waals surface area (Å²) in [5.41, 5.74) is 6.27. The Morgan fingerprint density at radius 2 is 1.77 bits per heavy atom. The Morgan fingerprint density at radius 3 is 2.38 bits per heavy atom. The van der Waals surface area contributed by atoms with Gasteiger partial charge >= 0.3 is 5.97 Å². The number of esters is 1. The fourth-order valence-corrected chi connectivity index (χ4v) is 2.34. The van der Waals surface area contributed by atoms with Crippen LogP contribution in [0.2, 0.25) is 0 Å². The van der Waals surface area contributed by atoms with E-state index in [0.29, 0.717) is 29.2 Å². The van der Waals surface area contributed by atoms with Gasteiger partial charge in [0.2, 0.25) is 0 Å². The van der Waals surface area contributed by atoms with Crippen LogP contribution in [-0.2, 0) is 9.53 Å². The second-order valence-electron chi connectivity index (χ2n) is 5.26. The highest BCUT2D eigenvalue weighted by molar-refractivity contribution is 5.94. The number of ether oxygens (including phenoxy) is 3. The Bertz CT molecular complexity index is 749. The van der Waals surface area contributed by atoms with Crippen LogP contribution < -0.4 is 20.3 Å². The molecule has 0 aliphatic rings. The van der Waals surface area contributed by atoms with Gasteiger partial charge in [0.1, 0.15) is 6.04 Å². The summed E-state index contributed by atoms with van der Waals surface area (Å²) in [6, 6.07) is 13.0. The molecule has 138 valence electrons. The molecule has 1 unspecified atom stereocenters. The molecule has 7 nitrogen and oxygen atoms in total. The van der Waals surface area contributed by atoms with Crippen LogP contribution in [0.1, 0.15) is 28.9 Å². The Labute approximate surface area is 152 Å². The van der Waals surface area contributed by atoms with Crippen molar-refractivity contribution < 1.29 is 23.8 Å². The number of nitrogens with one attached hydrogen (secondary N) is 2. The van der Waals surface area contributed by atoms with Gasteiger partial charge in [0.25, 0.3) is 5.91 Å². The lowest BCUT2D eigenvalue weighted by Crippen LogP contribution is -2.43. The molecular formula is C19H22N2O5. The summed E-state index contributed by atoms with van der Waals surface area (Å²) in [7, 11) is 2.79. The van der Waals surface area contributed by atoms with Crippen LogP contribution in [0.5, 0.6) is 11.5 Å². The molecule has 1 atom stereocenters. The maximum absolute atomic E-state index is 12.4. The second kappa shape index (κ2) is 9.43. The van der Waals surface area contributed by atoms with Crippen LogP contribution in [0.25, 0.3) is 0 Å². The Kier molecular flexibility index (Phi) is 6.99. The number of methoxy groups -OCH3 is 2. The van der Waals surface area contributed by atoms with E-state index in [4.69, 9.17) is 14.2 Å². The first-order valence-electron chi connectivity index (χ1n) is 8.10. The number of hydrogen-bond donors (Lipinski definition) is 2. The zero-order valence-corrected chi connectivity index (χ0v) is 14.9. The zero-order chi connectivity index (χ0) is 18.9. The monoisotopic (exact) mass is 358 g/mol. The quantitative estimate of drug-likeness (QED) is 0.556. The molecule has 2 N–H and O–H groups in total. The highest BCUT2D eigenvalue weighted by Crippen LogP contribution is 2.28. The minimum Gasteiger partial charge on any atom is -0.493 e. The lowest BCUT2D eigenvalue weighted by molar-refractivity contribution is -0.143. The summed E-state index contributed by atoms with van der Waals surface area (Å²) in [4.78, 5) is 24.4. The largest absolute Gasteiger partial charge is 0.493 e. The molecule has 7 heteroatoms. The SMILES string of the molecule is CCOc1ccc(C(=O)NNC(C(=O)OC)c2ccccc2)cc1OC. The van der Waals surface area contributed by atoms with Gasteiger partial charge < -0.3 is 14.2 Å². The third-order valence-corrected chi connectivity index (χ3v) is 3.63. The summed E-state index contributed by atoms with van der Waals surface area (Å²) in [5, 5.41) is 0. The average molecular weight is 358 g/mol. The van der Waals surface area contributed by atoms with Gasteiger partial charge in [0.05, 0.1) is 20.8 Å². The number of carbonyl (C=O) groups excluding carboxylic acids is 2. The van der Waals surface area contributed by atoms with Gasteiger partial charge in [-0.1, -0.05) is 30.3 Å². The Hall–Kier alpha value is -3.06. The van der Waals surface area contributed by atoms with Crippen molar-refractivity contribution in [1.82, 2.24) is 10.9 Å². The van der Waals surface area contributed by atoms with Crippen molar-refractivity contribution in [2.24, 2.45) is 0 Å². The molecular weight excluding hydrogens is 336 g/mol. The summed E-state index contributed by atoms with van der Waals surface area (Å²) in [5.74, 6) is 0.0697. The van der Waals surface area contributed by atoms with E-state index in [1.807, 2.05) is 13.0 Å². The predicted octanol–water partition coefficient (Wildman–Crippen LogP) is 2.24. The first-order valence-corrected chi connectivity index (χ1v) is 8.10. The Balaban J connectivity index is 2.11. The van der Waals surface area contributed by atoms with E-state index in [2.05, 4.69) is 10.9 Å². The van der Waals surface area contributed by atoms with Crippen molar-refractivity contribution in [3.63, 3.8) is 0 Å². The highest BCUT2D eigenvalue weighted by atomic mass is 16.5. The van der Waals surface area contributed by atoms with Gasteiger partial charge in [-0.2, -0.15) is 0 Å².